The SMILES string of the molecule is COc1cccc(NC(=O)N2CCC(Oc3ncccc3C#N)CC2)c1OC. The molecule has 1 aromatic carbocycles. The van der Waals surface area contributed by atoms with Crippen LogP contribution in [-0.2, 0) is 0 Å². The van der Waals surface area contributed by atoms with Crippen LogP contribution in [0.5, 0.6) is 17.4 Å². The molecule has 8 nitrogen and oxygen atoms in total. The Morgan fingerprint density at radius 1 is 1.21 bits per heavy atom. The van der Waals surface area contributed by atoms with Crippen LogP contribution in [0.3, 0.4) is 0 Å². The van der Waals surface area contributed by atoms with Crippen LogP contribution in [0.15, 0.2) is 36.5 Å². The predicted molar refractivity (Wildman–Crippen MR) is 103 cm³/mol. The molecular formula is C20H22N4O4. The lowest BCUT2D eigenvalue weighted by atomic mass is 10.1. The molecule has 0 unspecified atom stereocenters. The van der Waals surface area contributed by atoms with E-state index in [9.17, 15) is 4.79 Å². The van der Waals surface area contributed by atoms with Crippen LogP contribution in [-0.4, -0.2) is 49.3 Å². The van der Waals surface area contributed by atoms with Gasteiger partial charge in [-0.1, -0.05) is 6.07 Å². The second-order valence-corrected chi connectivity index (χ2v) is 6.24. The summed E-state index contributed by atoms with van der Waals surface area (Å²) in [4.78, 5) is 18.5. The highest BCUT2D eigenvalue weighted by atomic mass is 16.5. The number of piperidine rings is 1. The van der Waals surface area contributed by atoms with Gasteiger partial charge in [-0.3, -0.25) is 0 Å². The molecular weight excluding hydrogens is 360 g/mol. The molecule has 146 valence electrons. The monoisotopic (exact) mass is 382 g/mol. The molecule has 1 aliphatic heterocycles. The van der Waals surface area contributed by atoms with Gasteiger partial charge >= 0.3 is 6.03 Å². The first-order chi connectivity index (χ1) is 13.7. The summed E-state index contributed by atoms with van der Waals surface area (Å²) in [7, 11) is 3.08. The molecule has 1 aromatic heterocycles. The number of hydrogen-bond acceptors (Lipinski definition) is 6. The van der Waals surface area contributed by atoms with Crippen LogP contribution >= 0.6 is 0 Å². The molecule has 1 aliphatic rings. The molecule has 0 radical (unpaired) electrons. The molecule has 2 amide bonds. The summed E-state index contributed by atoms with van der Waals surface area (Å²) in [6, 6.07) is 10.6. The van der Waals surface area contributed by atoms with Crippen molar-refractivity contribution in [1.29, 1.82) is 5.26 Å². The van der Waals surface area contributed by atoms with Gasteiger partial charge in [-0.25, -0.2) is 9.78 Å². The average molecular weight is 382 g/mol. The number of benzene rings is 1. The molecule has 2 heterocycles. The van der Waals surface area contributed by atoms with Gasteiger partial charge in [-0.2, -0.15) is 5.26 Å². The van der Waals surface area contributed by atoms with E-state index in [4.69, 9.17) is 19.5 Å². The van der Waals surface area contributed by atoms with E-state index < -0.39 is 0 Å². The number of ether oxygens (including phenoxy) is 3. The highest BCUT2D eigenvalue weighted by Gasteiger charge is 2.25. The Morgan fingerprint density at radius 3 is 2.68 bits per heavy atom. The number of carbonyl (C=O) groups excluding carboxylic acids is 1. The molecule has 1 saturated heterocycles. The third-order valence-corrected chi connectivity index (χ3v) is 4.54. The first-order valence-corrected chi connectivity index (χ1v) is 8.95. The van der Waals surface area contributed by atoms with Crippen molar-refractivity contribution in [3.63, 3.8) is 0 Å². The molecule has 0 spiro atoms. The summed E-state index contributed by atoms with van der Waals surface area (Å²) in [6.45, 7) is 1.08. The Morgan fingerprint density at radius 2 is 2.00 bits per heavy atom. The quantitative estimate of drug-likeness (QED) is 0.854. The van der Waals surface area contributed by atoms with Gasteiger partial charge in [0.05, 0.1) is 19.9 Å². The highest BCUT2D eigenvalue weighted by Crippen LogP contribution is 2.35. The number of urea groups is 1. The summed E-state index contributed by atoms with van der Waals surface area (Å²) in [6.07, 6.45) is 2.83. The number of pyridine rings is 1. The molecule has 8 heteroatoms. The standard InChI is InChI=1S/C20H22N4O4/c1-26-17-7-3-6-16(18(17)27-2)23-20(25)24-11-8-15(9-12-24)28-19-14(13-21)5-4-10-22-19/h3-7,10,15H,8-9,11-12H2,1-2H3,(H,23,25). The van der Waals surface area contributed by atoms with E-state index in [0.29, 0.717) is 54.6 Å². The molecule has 1 fully saturated rings. The second kappa shape index (κ2) is 8.95. The van der Waals surface area contributed by atoms with Crippen molar-refractivity contribution < 1.29 is 19.0 Å². The zero-order valence-corrected chi connectivity index (χ0v) is 15.8. The molecule has 0 aliphatic carbocycles. The van der Waals surface area contributed by atoms with E-state index in [2.05, 4.69) is 16.4 Å². The van der Waals surface area contributed by atoms with Gasteiger partial charge in [0.2, 0.25) is 5.88 Å². The van der Waals surface area contributed by atoms with E-state index in [1.807, 2.05) is 0 Å². The number of carbonyl (C=O) groups is 1. The average Bonchev–Trinajstić information content (AvgIpc) is 2.74. The molecule has 2 aromatic rings. The normalized spacial score (nSPS) is 14.1. The minimum Gasteiger partial charge on any atom is -0.493 e. The number of hydrogen-bond donors (Lipinski definition) is 1. The van der Waals surface area contributed by atoms with Crippen molar-refractivity contribution in [3.05, 3.63) is 42.1 Å². The minimum absolute atomic E-state index is 0.0857. The molecule has 1 N–H and O–H groups in total. The predicted octanol–water partition coefficient (Wildman–Crippen LogP) is 3.05. The number of nitrogens with zero attached hydrogens (tertiary/aromatic N) is 3. The maximum atomic E-state index is 12.6. The van der Waals surface area contributed by atoms with E-state index in [1.165, 1.54) is 7.11 Å². The maximum Gasteiger partial charge on any atom is 0.321 e. The van der Waals surface area contributed by atoms with Crippen LogP contribution in [0.1, 0.15) is 18.4 Å². The van der Waals surface area contributed by atoms with Crippen LogP contribution in [0.25, 0.3) is 0 Å². The Bertz CT molecular complexity index is 873. The lowest BCUT2D eigenvalue weighted by Gasteiger charge is -2.32. The molecule has 0 saturated carbocycles. The number of amides is 2. The summed E-state index contributed by atoms with van der Waals surface area (Å²) in [5, 5.41) is 12.0. The van der Waals surface area contributed by atoms with Crippen molar-refractivity contribution in [3.8, 4) is 23.4 Å². The fourth-order valence-electron chi connectivity index (χ4n) is 3.08. The number of para-hydroxylation sites is 1. The third-order valence-electron chi connectivity index (χ3n) is 4.54. The van der Waals surface area contributed by atoms with E-state index in [-0.39, 0.29) is 12.1 Å². The second-order valence-electron chi connectivity index (χ2n) is 6.24. The maximum absolute atomic E-state index is 12.6. The van der Waals surface area contributed by atoms with E-state index in [0.717, 1.165) is 0 Å². The van der Waals surface area contributed by atoms with Crippen molar-refractivity contribution in [1.82, 2.24) is 9.88 Å². The van der Waals surface area contributed by atoms with Gasteiger partial charge in [0, 0.05) is 32.1 Å². The summed E-state index contributed by atoms with van der Waals surface area (Å²) in [5.74, 6) is 1.38. The lowest BCUT2D eigenvalue weighted by Crippen LogP contribution is -2.43. The van der Waals surface area contributed by atoms with Gasteiger partial charge in [-0.05, 0) is 24.3 Å². The number of nitriles is 1. The van der Waals surface area contributed by atoms with Crippen LogP contribution in [0.4, 0.5) is 10.5 Å². The van der Waals surface area contributed by atoms with Crippen LogP contribution in [0.2, 0.25) is 0 Å². The zero-order valence-electron chi connectivity index (χ0n) is 15.8. The molecule has 0 atom stereocenters. The Kier molecular flexibility index (Phi) is 6.17. The number of aromatic nitrogens is 1. The third kappa shape index (κ3) is 4.26. The van der Waals surface area contributed by atoms with Gasteiger partial charge in [0.25, 0.3) is 0 Å². The first-order valence-electron chi connectivity index (χ1n) is 8.95. The Labute approximate surface area is 163 Å². The first kappa shape index (κ1) is 19.3. The number of rotatable bonds is 5. The van der Waals surface area contributed by atoms with Crippen molar-refractivity contribution >= 4 is 11.7 Å². The number of anilines is 1. The number of nitrogens with one attached hydrogen (secondary N) is 1. The Hall–Kier alpha value is -3.47. The van der Waals surface area contributed by atoms with Gasteiger partial charge < -0.3 is 24.4 Å². The topological polar surface area (TPSA) is 96.7 Å². The highest BCUT2D eigenvalue weighted by molar-refractivity contribution is 5.91. The fraction of sp³-hybridized carbons (Fsp3) is 0.350. The smallest absolute Gasteiger partial charge is 0.321 e. The van der Waals surface area contributed by atoms with Gasteiger partial charge in [0.15, 0.2) is 11.5 Å². The molecule has 0 bridgehead atoms. The van der Waals surface area contributed by atoms with Crippen molar-refractivity contribution in [2.75, 3.05) is 32.6 Å². The van der Waals surface area contributed by atoms with E-state index >= 15 is 0 Å². The van der Waals surface area contributed by atoms with Gasteiger partial charge in [-0.15, -0.1) is 0 Å². The zero-order chi connectivity index (χ0) is 19.9. The van der Waals surface area contributed by atoms with E-state index in [1.54, 1.807) is 48.5 Å². The minimum atomic E-state index is -0.208. The summed E-state index contributed by atoms with van der Waals surface area (Å²) < 4.78 is 16.5. The summed E-state index contributed by atoms with van der Waals surface area (Å²) in [5.41, 5.74) is 0.963. The summed E-state index contributed by atoms with van der Waals surface area (Å²) >= 11 is 0. The Balaban J connectivity index is 1.58. The fourth-order valence-corrected chi connectivity index (χ4v) is 3.08. The molecule has 3 rings (SSSR count). The number of methoxy groups -OCH3 is 2. The number of likely N-dealkylation sites (tertiary alicyclic amines) is 1. The van der Waals surface area contributed by atoms with Crippen molar-refractivity contribution in [2.45, 2.75) is 18.9 Å². The van der Waals surface area contributed by atoms with Gasteiger partial charge in [0.1, 0.15) is 17.7 Å². The van der Waals surface area contributed by atoms with Crippen LogP contribution in [0, 0.1) is 11.3 Å². The lowest BCUT2D eigenvalue weighted by molar-refractivity contribution is 0.111. The van der Waals surface area contributed by atoms with Crippen LogP contribution < -0.4 is 19.5 Å². The largest absolute Gasteiger partial charge is 0.493 e. The molecule has 28 heavy (non-hydrogen) atoms. The van der Waals surface area contributed by atoms with Crippen molar-refractivity contribution in [2.24, 2.45) is 0 Å².